The first-order valence-corrected chi connectivity index (χ1v) is 10.7. The number of aromatic nitrogens is 4. The number of hydrogen-bond donors (Lipinski definition) is 0. The van der Waals surface area contributed by atoms with Crippen LogP contribution in [0, 0.1) is 16.2 Å². The topological polar surface area (TPSA) is 158 Å². The van der Waals surface area contributed by atoms with Crippen LogP contribution in [0.25, 0.3) is 11.2 Å². The molecule has 0 aliphatic carbocycles. The van der Waals surface area contributed by atoms with E-state index in [1.165, 1.54) is 36.9 Å². The molecule has 14 heteroatoms. The van der Waals surface area contributed by atoms with Gasteiger partial charge >= 0.3 is 18.0 Å². The molecule has 3 heterocycles. The largest absolute Gasteiger partial charge is 0.476 e. The van der Waals surface area contributed by atoms with Crippen LogP contribution in [0.3, 0.4) is 0 Å². The van der Waals surface area contributed by atoms with Crippen molar-refractivity contribution in [3.8, 4) is 5.88 Å². The molecule has 0 spiro atoms. The lowest BCUT2D eigenvalue weighted by atomic mass is 10.1. The molecular formula is C22H20FN5O8. The fourth-order valence-corrected chi connectivity index (χ4v) is 3.48. The Hall–Kier alpha value is -4.62. The minimum absolute atomic E-state index is 0.0266. The van der Waals surface area contributed by atoms with Crippen LogP contribution < -0.4 is 4.74 Å². The summed E-state index contributed by atoms with van der Waals surface area (Å²) in [5.74, 6) is -0.909. The Morgan fingerprint density at radius 3 is 2.64 bits per heavy atom. The van der Waals surface area contributed by atoms with Crippen LogP contribution in [0.5, 0.6) is 5.88 Å². The fraction of sp³-hybridized carbons (Fsp3) is 0.318. The van der Waals surface area contributed by atoms with E-state index in [1.807, 2.05) is 0 Å². The van der Waals surface area contributed by atoms with Gasteiger partial charge in [0.2, 0.25) is 5.88 Å². The van der Waals surface area contributed by atoms with Crippen molar-refractivity contribution in [2.75, 3.05) is 13.2 Å². The van der Waals surface area contributed by atoms with Gasteiger partial charge in [-0.3, -0.25) is 24.3 Å². The van der Waals surface area contributed by atoms with Gasteiger partial charge in [-0.05, 0) is 5.56 Å². The second-order valence-electron chi connectivity index (χ2n) is 7.64. The van der Waals surface area contributed by atoms with Gasteiger partial charge in [0, 0.05) is 32.4 Å². The lowest BCUT2D eigenvalue weighted by Gasteiger charge is -2.14. The van der Waals surface area contributed by atoms with Gasteiger partial charge in [0.25, 0.3) is 5.69 Å². The number of rotatable bonds is 9. The number of carbonyl (C=O) groups is 2. The highest BCUT2D eigenvalue weighted by atomic mass is 19.1. The SMILES string of the molecule is CC(=O)OCC1=C(OC(C)=O)C[C@H](n2cnc3c(OCCc4ccc([N+](=O)[O-])cc4)nc(F)nc32)O1. The Labute approximate surface area is 202 Å². The lowest BCUT2D eigenvalue weighted by molar-refractivity contribution is -0.384. The molecule has 0 amide bonds. The number of nitro groups is 1. The third-order valence-electron chi connectivity index (χ3n) is 5.07. The van der Waals surface area contributed by atoms with Gasteiger partial charge in [0.05, 0.1) is 18.0 Å². The summed E-state index contributed by atoms with van der Waals surface area (Å²) in [6.07, 6.45) is -0.0543. The zero-order valence-electron chi connectivity index (χ0n) is 19.2. The van der Waals surface area contributed by atoms with E-state index in [4.69, 9.17) is 18.9 Å². The zero-order valence-corrected chi connectivity index (χ0v) is 19.2. The predicted molar refractivity (Wildman–Crippen MR) is 118 cm³/mol. The van der Waals surface area contributed by atoms with Crippen molar-refractivity contribution in [3.05, 3.63) is 63.9 Å². The summed E-state index contributed by atoms with van der Waals surface area (Å²) in [6, 6.07) is 5.97. The number of non-ortho nitro benzene ring substituents is 1. The fourth-order valence-electron chi connectivity index (χ4n) is 3.48. The molecule has 13 nitrogen and oxygen atoms in total. The number of nitro benzene ring substituents is 1. The maximum absolute atomic E-state index is 14.3. The molecule has 36 heavy (non-hydrogen) atoms. The van der Waals surface area contributed by atoms with E-state index in [1.54, 1.807) is 12.1 Å². The second-order valence-corrected chi connectivity index (χ2v) is 7.64. The number of hydrogen-bond acceptors (Lipinski definition) is 11. The van der Waals surface area contributed by atoms with Gasteiger partial charge in [0.15, 0.2) is 35.5 Å². The minimum Gasteiger partial charge on any atom is -0.476 e. The predicted octanol–water partition coefficient (Wildman–Crippen LogP) is 2.75. The summed E-state index contributed by atoms with van der Waals surface area (Å²) in [4.78, 5) is 44.7. The highest BCUT2D eigenvalue weighted by Gasteiger charge is 2.32. The molecular weight excluding hydrogens is 481 g/mol. The molecule has 4 rings (SSSR count). The van der Waals surface area contributed by atoms with E-state index in [0.717, 1.165) is 5.56 Å². The van der Waals surface area contributed by atoms with Crippen LogP contribution in [0.4, 0.5) is 10.1 Å². The number of halogens is 1. The number of ether oxygens (including phenoxy) is 4. The first-order chi connectivity index (χ1) is 17.2. The Kier molecular flexibility index (Phi) is 7.03. The van der Waals surface area contributed by atoms with E-state index in [-0.39, 0.29) is 53.9 Å². The molecule has 0 radical (unpaired) electrons. The highest BCUT2D eigenvalue weighted by Crippen LogP contribution is 2.35. The van der Waals surface area contributed by atoms with E-state index >= 15 is 0 Å². The summed E-state index contributed by atoms with van der Waals surface area (Å²) < 4.78 is 37.3. The van der Waals surface area contributed by atoms with Crippen LogP contribution in [0.1, 0.15) is 32.1 Å². The van der Waals surface area contributed by atoms with Gasteiger partial charge in [-0.2, -0.15) is 14.4 Å². The Balaban J connectivity index is 1.50. The molecule has 1 atom stereocenters. The molecule has 1 aliphatic rings. The molecule has 1 aliphatic heterocycles. The minimum atomic E-state index is -1.05. The molecule has 2 aromatic heterocycles. The van der Waals surface area contributed by atoms with Crippen LogP contribution in [0.15, 0.2) is 42.1 Å². The summed E-state index contributed by atoms with van der Waals surface area (Å²) >= 11 is 0. The zero-order chi connectivity index (χ0) is 25.8. The number of nitrogens with zero attached hydrogens (tertiary/aromatic N) is 5. The second kappa shape index (κ2) is 10.3. The van der Waals surface area contributed by atoms with Crippen molar-refractivity contribution >= 4 is 28.8 Å². The molecule has 1 aromatic carbocycles. The number of benzene rings is 1. The Bertz CT molecular complexity index is 1350. The lowest BCUT2D eigenvalue weighted by Crippen LogP contribution is -2.11. The molecule has 0 N–H and O–H groups in total. The first-order valence-electron chi connectivity index (χ1n) is 10.7. The number of imidazole rings is 1. The van der Waals surface area contributed by atoms with Crippen LogP contribution >= 0.6 is 0 Å². The Morgan fingerprint density at radius 2 is 1.97 bits per heavy atom. The van der Waals surface area contributed by atoms with Crippen molar-refractivity contribution < 1.29 is 37.9 Å². The smallest absolute Gasteiger partial charge is 0.314 e. The standard InChI is InChI=1S/C22H20FN5O8/c1-12(29)34-10-17-16(35-13(2)30)9-18(36-17)27-11-24-19-20(27)25-22(23)26-21(19)33-8-7-14-3-5-15(6-4-14)28(31)32/h3-6,11,18H,7-10H2,1-2H3/t18-/m1/s1. The average Bonchev–Trinajstić information content (AvgIpc) is 3.41. The Morgan fingerprint density at radius 1 is 1.22 bits per heavy atom. The summed E-state index contributed by atoms with van der Waals surface area (Å²) in [6.45, 7) is 2.30. The average molecular weight is 501 g/mol. The molecule has 188 valence electrons. The molecule has 0 saturated carbocycles. The van der Waals surface area contributed by atoms with Gasteiger partial charge in [-0.25, -0.2) is 4.98 Å². The van der Waals surface area contributed by atoms with E-state index < -0.39 is 29.2 Å². The first kappa shape index (κ1) is 24.5. The maximum atomic E-state index is 14.3. The van der Waals surface area contributed by atoms with Crippen molar-refractivity contribution in [2.24, 2.45) is 0 Å². The normalized spacial score (nSPS) is 15.0. The number of fused-ring (bicyclic) bond motifs is 1. The highest BCUT2D eigenvalue weighted by molar-refractivity contribution is 5.76. The monoisotopic (exact) mass is 501 g/mol. The molecule has 3 aromatic rings. The van der Waals surface area contributed by atoms with E-state index in [2.05, 4.69) is 15.0 Å². The number of esters is 2. The van der Waals surface area contributed by atoms with E-state index in [0.29, 0.717) is 6.42 Å². The quantitative estimate of drug-likeness (QED) is 0.184. The molecule has 0 saturated heterocycles. The summed E-state index contributed by atoms with van der Waals surface area (Å²) in [7, 11) is 0. The van der Waals surface area contributed by atoms with Crippen LogP contribution in [0.2, 0.25) is 0 Å². The molecule has 0 fully saturated rings. The van der Waals surface area contributed by atoms with Gasteiger partial charge in [-0.15, -0.1) is 0 Å². The van der Waals surface area contributed by atoms with Gasteiger partial charge in [0.1, 0.15) is 6.33 Å². The molecule has 0 bridgehead atoms. The maximum Gasteiger partial charge on any atom is 0.314 e. The number of carbonyl (C=O) groups excluding carboxylic acids is 2. The van der Waals surface area contributed by atoms with Gasteiger partial charge in [-0.1, -0.05) is 12.1 Å². The van der Waals surface area contributed by atoms with Crippen molar-refractivity contribution in [2.45, 2.75) is 32.9 Å². The van der Waals surface area contributed by atoms with Crippen molar-refractivity contribution in [1.82, 2.24) is 19.5 Å². The summed E-state index contributed by atoms with van der Waals surface area (Å²) in [5.41, 5.74) is 1.00. The van der Waals surface area contributed by atoms with Crippen LogP contribution in [-0.2, 0) is 30.2 Å². The third kappa shape index (κ3) is 5.54. The van der Waals surface area contributed by atoms with Crippen molar-refractivity contribution in [1.29, 1.82) is 0 Å². The van der Waals surface area contributed by atoms with E-state index in [9.17, 15) is 24.1 Å². The third-order valence-corrected chi connectivity index (χ3v) is 5.07. The molecule has 0 unspecified atom stereocenters. The summed E-state index contributed by atoms with van der Waals surface area (Å²) in [5, 5.41) is 10.8. The van der Waals surface area contributed by atoms with Crippen molar-refractivity contribution in [3.63, 3.8) is 0 Å². The van der Waals surface area contributed by atoms with Gasteiger partial charge < -0.3 is 18.9 Å². The van der Waals surface area contributed by atoms with Crippen LogP contribution in [-0.4, -0.2) is 49.6 Å².